The van der Waals surface area contributed by atoms with Crippen LogP contribution in [0.4, 0.5) is 5.13 Å². The molecule has 0 unspecified atom stereocenters. The monoisotopic (exact) mass is 523 g/mol. The molecule has 0 radical (unpaired) electrons. The Morgan fingerprint density at radius 2 is 1.78 bits per heavy atom. The summed E-state index contributed by atoms with van der Waals surface area (Å²) in [5, 5.41) is 5.48. The van der Waals surface area contributed by atoms with Crippen molar-refractivity contribution < 1.29 is 17.6 Å². The molecule has 0 aliphatic carbocycles. The van der Waals surface area contributed by atoms with E-state index in [-0.39, 0.29) is 4.90 Å². The third kappa shape index (κ3) is 4.84. The predicted octanol–water partition coefficient (Wildman–Crippen LogP) is 4.84. The highest BCUT2D eigenvalue weighted by Crippen LogP contribution is 2.28. The lowest BCUT2D eigenvalue weighted by molar-refractivity contribution is 0.102. The summed E-state index contributed by atoms with van der Waals surface area (Å²) in [5.41, 5.74) is 0.995. The van der Waals surface area contributed by atoms with Crippen molar-refractivity contribution in [1.82, 2.24) is 9.29 Å². The summed E-state index contributed by atoms with van der Waals surface area (Å²) in [4.78, 5) is 29.7. The van der Waals surface area contributed by atoms with Crippen LogP contribution in [0.2, 0.25) is 0 Å². The van der Waals surface area contributed by atoms with Crippen molar-refractivity contribution in [2.24, 2.45) is 11.8 Å². The number of nitrogens with zero attached hydrogens (tertiary/aromatic N) is 2. The number of thiazole rings is 1. The Morgan fingerprint density at radius 3 is 2.50 bits per heavy atom. The Labute approximate surface area is 212 Å². The summed E-state index contributed by atoms with van der Waals surface area (Å²) in [5.74, 6) is 0.182. The van der Waals surface area contributed by atoms with Crippen molar-refractivity contribution in [1.29, 1.82) is 0 Å². The first-order valence-corrected chi connectivity index (χ1v) is 13.9. The molecule has 1 fully saturated rings. The van der Waals surface area contributed by atoms with Crippen LogP contribution in [0.15, 0.2) is 74.1 Å². The molecule has 8 nitrogen and oxygen atoms in total. The number of anilines is 1. The lowest BCUT2D eigenvalue weighted by Crippen LogP contribution is -2.42. The molecule has 36 heavy (non-hydrogen) atoms. The number of hydrogen-bond acceptors (Lipinski definition) is 7. The molecule has 3 heterocycles. The minimum Gasteiger partial charge on any atom is -0.422 e. The van der Waals surface area contributed by atoms with E-state index in [0.29, 0.717) is 52.5 Å². The Hall–Kier alpha value is -3.34. The third-order valence-electron chi connectivity index (χ3n) is 6.23. The summed E-state index contributed by atoms with van der Waals surface area (Å²) < 4.78 is 33.1. The van der Waals surface area contributed by atoms with Crippen molar-refractivity contribution >= 4 is 43.4 Å². The van der Waals surface area contributed by atoms with Crippen molar-refractivity contribution in [2.45, 2.75) is 25.2 Å². The second-order valence-corrected chi connectivity index (χ2v) is 12.1. The van der Waals surface area contributed by atoms with Crippen LogP contribution in [0.25, 0.3) is 22.2 Å². The van der Waals surface area contributed by atoms with Gasteiger partial charge in [0.25, 0.3) is 5.91 Å². The molecule has 5 rings (SSSR count). The number of nitrogens with one attached hydrogen (secondary N) is 1. The normalized spacial score (nSPS) is 18.8. The number of benzene rings is 2. The first kappa shape index (κ1) is 24.4. The van der Waals surface area contributed by atoms with Gasteiger partial charge in [-0.3, -0.25) is 10.1 Å². The van der Waals surface area contributed by atoms with Gasteiger partial charge in [0.05, 0.1) is 16.2 Å². The number of carbonyl (C=O) groups is 1. The molecular formula is C26H25N3O5S2. The van der Waals surface area contributed by atoms with Crippen LogP contribution in [-0.4, -0.2) is 36.7 Å². The maximum atomic E-state index is 13.1. The Kier molecular flexibility index (Phi) is 6.50. The molecule has 10 heteroatoms. The molecule has 1 aliphatic rings. The van der Waals surface area contributed by atoms with Crippen LogP contribution >= 0.6 is 11.3 Å². The van der Waals surface area contributed by atoms with Crippen LogP contribution in [0.5, 0.6) is 0 Å². The molecule has 2 aromatic heterocycles. The van der Waals surface area contributed by atoms with E-state index in [1.165, 1.54) is 39.9 Å². The van der Waals surface area contributed by atoms with Crippen LogP contribution in [0.1, 0.15) is 30.6 Å². The van der Waals surface area contributed by atoms with Gasteiger partial charge in [-0.2, -0.15) is 4.31 Å². The second-order valence-electron chi connectivity index (χ2n) is 9.27. The number of sulfonamides is 1. The maximum absolute atomic E-state index is 13.1. The fourth-order valence-corrected chi connectivity index (χ4v) is 6.98. The van der Waals surface area contributed by atoms with Crippen LogP contribution in [0, 0.1) is 11.8 Å². The summed E-state index contributed by atoms with van der Waals surface area (Å²) in [6.07, 6.45) is 1.01. The van der Waals surface area contributed by atoms with Gasteiger partial charge in [0.15, 0.2) is 5.13 Å². The number of piperidine rings is 1. The molecule has 1 N–H and O–H groups in total. The van der Waals surface area contributed by atoms with Gasteiger partial charge in [0, 0.05) is 29.4 Å². The zero-order valence-electron chi connectivity index (χ0n) is 19.8. The number of hydrogen-bond donors (Lipinski definition) is 1. The first-order chi connectivity index (χ1) is 17.2. The van der Waals surface area contributed by atoms with Crippen molar-refractivity contribution in [3.05, 3.63) is 76.0 Å². The quantitative estimate of drug-likeness (QED) is 0.375. The van der Waals surface area contributed by atoms with E-state index in [0.717, 1.165) is 11.8 Å². The average molecular weight is 524 g/mol. The van der Waals surface area contributed by atoms with Crippen LogP contribution in [0.3, 0.4) is 0 Å². The van der Waals surface area contributed by atoms with Gasteiger partial charge in [-0.25, -0.2) is 18.2 Å². The number of amides is 1. The molecule has 2 aromatic carbocycles. The van der Waals surface area contributed by atoms with Gasteiger partial charge < -0.3 is 4.42 Å². The summed E-state index contributed by atoms with van der Waals surface area (Å²) in [6.45, 7) is 5.11. The van der Waals surface area contributed by atoms with E-state index in [4.69, 9.17) is 4.42 Å². The number of carbonyl (C=O) groups excluding carboxylic acids is 1. The standard InChI is InChI=1S/C26H25N3O5S2/c1-16-11-17(2)14-29(13-16)36(32,33)20-9-7-18(8-10-20)24(30)28-26-27-22(15-35-26)21-12-19-5-3-4-6-23(19)34-25(21)31/h3-10,12,15-17H,11,13-14H2,1-2H3,(H,27,28,30)/t16-,17+. The fraction of sp³-hybridized carbons (Fsp3) is 0.269. The Morgan fingerprint density at radius 1 is 1.08 bits per heavy atom. The number of para-hydroxylation sites is 1. The highest BCUT2D eigenvalue weighted by atomic mass is 32.2. The van der Waals surface area contributed by atoms with E-state index < -0.39 is 21.6 Å². The number of aromatic nitrogens is 1. The molecule has 1 saturated heterocycles. The maximum Gasteiger partial charge on any atom is 0.345 e. The van der Waals surface area contributed by atoms with Crippen molar-refractivity contribution in [3.8, 4) is 11.3 Å². The largest absolute Gasteiger partial charge is 0.422 e. The summed E-state index contributed by atoms with van der Waals surface area (Å²) >= 11 is 1.18. The Bertz CT molecular complexity index is 1580. The van der Waals surface area contributed by atoms with E-state index in [2.05, 4.69) is 24.1 Å². The molecule has 0 spiro atoms. The van der Waals surface area contributed by atoms with Gasteiger partial charge in [-0.15, -0.1) is 11.3 Å². The predicted molar refractivity (Wildman–Crippen MR) is 140 cm³/mol. The lowest BCUT2D eigenvalue weighted by Gasteiger charge is -2.34. The minimum absolute atomic E-state index is 0.167. The molecule has 1 aliphatic heterocycles. The minimum atomic E-state index is -3.62. The van der Waals surface area contributed by atoms with Gasteiger partial charge in [-0.05, 0) is 54.7 Å². The van der Waals surface area contributed by atoms with E-state index in [9.17, 15) is 18.0 Å². The Balaban J connectivity index is 1.31. The molecule has 4 aromatic rings. The van der Waals surface area contributed by atoms with Gasteiger partial charge >= 0.3 is 5.63 Å². The van der Waals surface area contributed by atoms with Gasteiger partial charge in [0.1, 0.15) is 5.58 Å². The first-order valence-electron chi connectivity index (χ1n) is 11.6. The smallest absolute Gasteiger partial charge is 0.345 e. The summed E-state index contributed by atoms with van der Waals surface area (Å²) in [7, 11) is -3.62. The van der Waals surface area contributed by atoms with E-state index in [1.807, 2.05) is 12.1 Å². The molecule has 1 amide bonds. The molecule has 0 saturated carbocycles. The SMILES string of the molecule is C[C@@H]1C[C@H](C)CN(S(=O)(=O)c2ccc(C(=O)Nc3nc(-c4cc5ccccc5oc4=O)cs3)cc2)C1. The van der Waals surface area contributed by atoms with Crippen molar-refractivity contribution in [2.75, 3.05) is 18.4 Å². The third-order valence-corrected chi connectivity index (χ3v) is 8.84. The number of fused-ring (bicyclic) bond motifs is 1. The molecule has 0 bridgehead atoms. The van der Waals surface area contributed by atoms with Crippen LogP contribution in [-0.2, 0) is 10.0 Å². The second kappa shape index (κ2) is 9.61. The number of rotatable bonds is 5. The fourth-order valence-electron chi connectivity index (χ4n) is 4.59. The highest BCUT2D eigenvalue weighted by molar-refractivity contribution is 7.89. The highest BCUT2D eigenvalue weighted by Gasteiger charge is 2.31. The molecular weight excluding hydrogens is 498 g/mol. The van der Waals surface area contributed by atoms with E-state index in [1.54, 1.807) is 23.6 Å². The van der Waals surface area contributed by atoms with Crippen molar-refractivity contribution in [3.63, 3.8) is 0 Å². The summed E-state index contributed by atoms with van der Waals surface area (Å²) in [6, 6.07) is 14.8. The lowest BCUT2D eigenvalue weighted by atomic mass is 9.94. The van der Waals surface area contributed by atoms with Gasteiger partial charge in [0.2, 0.25) is 10.0 Å². The average Bonchev–Trinajstić information content (AvgIpc) is 3.31. The molecule has 186 valence electrons. The van der Waals surface area contributed by atoms with E-state index >= 15 is 0 Å². The van der Waals surface area contributed by atoms with Gasteiger partial charge in [-0.1, -0.05) is 32.0 Å². The topological polar surface area (TPSA) is 110 Å². The van der Waals surface area contributed by atoms with Crippen LogP contribution < -0.4 is 10.9 Å². The zero-order chi connectivity index (χ0) is 25.4. The zero-order valence-corrected chi connectivity index (χ0v) is 21.4. The molecule has 2 atom stereocenters.